The van der Waals surface area contributed by atoms with E-state index in [1.807, 2.05) is 0 Å². The molecule has 0 atom stereocenters. The highest BCUT2D eigenvalue weighted by molar-refractivity contribution is 9.10. The van der Waals surface area contributed by atoms with Gasteiger partial charge in [-0.05, 0) is 37.5 Å². The first kappa shape index (κ1) is 16.7. The fourth-order valence-corrected chi connectivity index (χ4v) is 4.88. The molecule has 1 aliphatic rings. The summed E-state index contributed by atoms with van der Waals surface area (Å²) in [5, 5.41) is 9.56. The monoisotopic (exact) mass is 376 g/mol. The number of halogens is 1. The van der Waals surface area contributed by atoms with Crippen LogP contribution < -0.4 is 10.5 Å². The molecule has 0 aromatic heterocycles. The van der Waals surface area contributed by atoms with Gasteiger partial charge in [-0.2, -0.15) is 0 Å². The molecule has 1 aromatic rings. The van der Waals surface area contributed by atoms with Crippen molar-refractivity contribution in [2.75, 3.05) is 18.9 Å². The SMILES string of the molecule is Cc1c(N)cc(Br)cc1S(=O)(=O)NCC1(CO)CCCC1. The Morgan fingerprint density at radius 2 is 2.00 bits per heavy atom. The Morgan fingerprint density at radius 3 is 2.57 bits per heavy atom. The molecular formula is C14H21BrN2O3S. The van der Waals surface area contributed by atoms with E-state index in [2.05, 4.69) is 20.7 Å². The van der Waals surface area contributed by atoms with Crippen molar-refractivity contribution in [2.45, 2.75) is 37.5 Å². The smallest absolute Gasteiger partial charge is 0.240 e. The maximum absolute atomic E-state index is 12.5. The van der Waals surface area contributed by atoms with E-state index in [1.54, 1.807) is 19.1 Å². The molecule has 0 unspecified atom stereocenters. The van der Waals surface area contributed by atoms with Gasteiger partial charge in [-0.15, -0.1) is 0 Å². The van der Waals surface area contributed by atoms with Gasteiger partial charge < -0.3 is 10.8 Å². The highest BCUT2D eigenvalue weighted by Gasteiger charge is 2.34. The normalized spacial score (nSPS) is 18.0. The van der Waals surface area contributed by atoms with Crippen molar-refractivity contribution < 1.29 is 13.5 Å². The minimum atomic E-state index is -3.64. The Kier molecular flexibility index (Phi) is 4.97. The van der Waals surface area contributed by atoms with Crippen LogP contribution in [0.3, 0.4) is 0 Å². The average molecular weight is 377 g/mol. The van der Waals surface area contributed by atoms with E-state index in [0.717, 1.165) is 25.7 Å². The quantitative estimate of drug-likeness (QED) is 0.686. The summed E-state index contributed by atoms with van der Waals surface area (Å²) in [4.78, 5) is 0.181. The second kappa shape index (κ2) is 6.24. The van der Waals surface area contributed by atoms with Crippen molar-refractivity contribution in [3.05, 3.63) is 22.2 Å². The van der Waals surface area contributed by atoms with E-state index in [0.29, 0.717) is 15.7 Å². The predicted molar refractivity (Wildman–Crippen MR) is 86.5 cm³/mol. The zero-order chi connectivity index (χ0) is 15.7. The third-order valence-electron chi connectivity index (χ3n) is 4.29. The Balaban J connectivity index is 2.23. The van der Waals surface area contributed by atoms with Crippen LogP contribution in [0, 0.1) is 12.3 Å². The lowest BCUT2D eigenvalue weighted by atomic mass is 9.88. The molecular weight excluding hydrogens is 356 g/mol. The van der Waals surface area contributed by atoms with Crippen molar-refractivity contribution in [1.29, 1.82) is 0 Å². The topological polar surface area (TPSA) is 92.4 Å². The van der Waals surface area contributed by atoms with E-state index in [4.69, 9.17) is 5.73 Å². The molecule has 2 rings (SSSR count). The molecule has 4 N–H and O–H groups in total. The average Bonchev–Trinajstić information content (AvgIpc) is 2.90. The Morgan fingerprint density at radius 1 is 1.38 bits per heavy atom. The number of nitrogens with one attached hydrogen (secondary N) is 1. The van der Waals surface area contributed by atoms with Crippen LogP contribution in [0.25, 0.3) is 0 Å². The van der Waals surface area contributed by atoms with Crippen LogP contribution in [0.2, 0.25) is 0 Å². The second-order valence-corrected chi connectivity index (χ2v) is 8.46. The molecule has 1 fully saturated rings. The Bertz CT molecular complexity index is 625. The number of rotatable bonds is 5. The van der Waals surface area contributed by atoms with Crippen LogP contribution in [-0.2, 0) is 10.0 Å². The van der Waals surface area contributed by atoms with Gasteiger partial charge in [-0.25, -0.2) is 13.1 Å². The number of aliphatic hydroxyl groups excluding tert-OH is 1. The van der Waals surface area contributed by atoms with Crippen LogP contribution in [0.15, 0.2) is 21.5 Å². The van der Waals surface area contributed by atoms with Gasteiger partial charge in [0.05, 0.1) is 4.90 Å². The van der Waals surface area contributed by atoms with Crippen LogP contribution in [0.1, 0.15) is 31.2 Å². The lowest BCUT2D eigenvalue weighted by Crippen LogP contribution is -2.38. The maximum Gasteiger partial charge on any atom is 0.240 e. The molecule has 0 radical (unpaired) electrons. The summed E-state index contributed by atoms with van der Waals surface area (Å²) in [7, 11) is -3.64. The number of hydrogen-bond donors (Lipinski definition) is 3. The van der Waals surface area contributed by atoms with Crippen molar-refractivity contribution in [3.8, 4) is 0 Å². The lowest BCUT2D eigenvalue weighted by Gasteiger charge is -2.26. The summed E-state index contributed by atoms with van der Waals surface area (Å²) < 4.78 is 28.3. The van der Waals surface area contributed by atoms with E-state index < -0.39 is 10.0 Å². The molecule has 1 saturated carbocycles. The minimum Gasteiger partial charge on any atom is -0.398 e. The Labute approximate surface area is 134 Å². The van der Waals surface area contributed by atoms with Crippen LogP contribution >= 0.6 is 15.9 Å². The molecule has 1 aromatic carbocycles. The van der Waals surface area contributed by atoms with Gasteiger partial charge in [0.15, 0.2) is 0 Å². The molecule has 0 aliphatic heterocycles. The zero-order valence-corrected chi connectivity index (χ0v) is 14.4. The van der Waals surface area contributed by atoms with Gasteiger partial charge in [-0.3, -0.25) is 0 Å². The number of nitrogens with two attached hydrogens (primary N) is 1. The van der Waals surface area contributed by atoms with Crippen molar-refractivity contribution in [2.24, 2.45) is 5.41 Å². The molecule has 0 spiro atoms. The first-order valence-electron chi connectivity index (χ1n) is 6.96. The molecule has 5 nitrogen and oxygen atoms in total. The maximum atomic E-state index is 12.5. The fraction of sp³-hybridized carbons (Fsp3) is 0.571. The molecule has 0 amide bonds. The molecule has 0 bridgehead atoms. The van der Waals surface area contributed by atoms with Gasteiger partial charge in [0.1, 0.15) is 0 Å². The van der Waals surface area contributed by atoms with E-state index in [-0.39, 0.29) is 23.5 Å². The summed E-state index contributed by atoms with van der Waals surface area (Å²) in [5.74, 6) is 0. The molecule has 21 heavy (non-hydrogen) atoms. The predicted octanol–water partition coefficient (Wildman–Crippen LogP) is 2.17. The molecule has 1 aliphatic carbocycles. The Hall–Kier alpha value is -0.630. The van der Waals surface area contributed by atoms with E-state index >= 15 is 0 Å². The summed E-state index contributed by atoms with van der Waals surface area (Å²) in [6, 6.07) is 3.23. The third kappa shape index (κ3) is 3.59. The fourth-order valence-electron chi connectivity index (χ4n) is 2.79. The highest BCUT2D eigenvalue weighted by Crippen LogP contribution is 2.37. The van der Waals surface area contributed by atoms with Crippen LogP contribution in [-0.4, -0.2) is 26.7 Å². The zero-order valence-electron chi connectivity index (χ0n) is 12.0. The van der Waals surface area contributed by atoms with Crippen molar-refractivity contribution >= 4 is 31.6 Å². The number of benzene rings is 1. The van der Waals surface area contributed by atoms with Crippen LogP contribution in [0.5, 0.6) is 0 Å². The largest absolute Gasteiger partial charge is 0.398 e. The van der Waals surface area contributed by atoms with Gasteiger partial charge in [-0.1, -0.05) is 28.8 Å². The first-order chi connectivity index (χ1) is 9.80. The highest BCUT2D eigenvalue weighted by atomic mass is 79.9. The number of hydrogen-bond acceptors (Lipinski definition) is 4. The molecule has 7 heteroatoms. The number of sulfonamides is 1. The second-order valence-electron chi connectivity index (χ2n) is 5.81. The molecule has 118 valence electrons. The van der Waals surface area contributed by atoms with Gasteiger partial charge in [0, 0.05) is 28.7 Å². The lowest BCUT2D eigenvalue weighted by molar-refractivity contribution is 0.134. The molecule has 0 heterocycles. The van der Waals surface area contributed by atoms with Gasteiger partial charge in [0.25, 0.3) is 0 Å². The summed E-state index contributed by atoms with van der Waals surface area (Å²) in [5.41, 5.74) is 6.48. The summed E-state index contributed by atoms with van der Waals surface area (Å²) in [6.07, 6.45) is 3.77. The number of nitrogen functional groups attached to an aromatic ring is 1. The van der Waals surface area contributed by atoms with E-state index in [9.17, 15) is 13.5 Å². The van der Waals surface area contributed by atoms with E-state index in [1.165, 1.54) is 0 Å². The van der Waals surface area contributed by atoms with Crippen LogP contribution in [0.4, 0.5) is 5.69 Å². The standard InChI is InChI=1S/C14H21BrN2O3S/c1-10-12(16)6-11(15)7-13(10)21(19,20)17-8-14(9-18)4-2-3-5-14/h6-7,17-18H,2-5,8-9,16H2,1H3. The summed E-state index contributed by atoms with van der Waals surface area (Å²) in [6.45, 7) is 1.96. The minimum absolute atomic E-state index is 0.00905. The number of anilines is 1. The molecule has 0 saturated heterocycles. The van der Waals surface area contributed by atoms with Gasteiger partial charge >= 0.3 is 0 Å². The van der Waals surface area contributed by atoms with Crippen molar-refractivity contribution in [1.82, 2.24) is 4.72 Å². The van der Waals surface area contributed by atoms with Gasteiger partial charge in [0.2, 0.25) is 10.0 Å². The summed E-state index contributed by atoms with van der Waals surface area (Å²) >= 11 is 3.27. The number of aliphatic hydroxyl groups is 1. The first-order valence-corrected chi connectivity index (χ1v) is 9.23. The van der Waals surface area contributed by atoms with Crippen molar-refractivity contribution in [3.63, 3.8) is 0 Å². The third-order valence-corrected chi connectivity index (χ3v) is 6.28.